The van der Waals surface area contributed by atoms with Crippen LogP contribution in [-0.2, 0) is 11.2 Å². The van der Waals surface area contributed by atoms with Crippen LogP contribution in [0.15, 0.2) is 78.9 Å². The second kappa shape index (κ2) is 8.58. The molecule has 154 valence electrons. The van der Waals surface area contributed by atoms with E-state index in [1.165, 1.54) is 30.4 Å². The molecule has 1 aromatic heterocycles. The van der Waals surface area contributed by atoms with Crippen molar-refractivity contribution in [2.45, 2.75) is 13.3 Å². The van der Waals surface area contributed by atoms with E-state index in [9.17, 15) is 19.8 Å². The van der Waals surface area contributed by atoms with Crippen LogP contribution in [0.2, 0.25) is 0 Å². The molecule has 0 amide bonds. The Morgan fingerprint density at radius 3 is 2.26 bits per heavy atom. The minimum Gasteiger partial charge on any atom is -0.508 e. The molecule has 4 rings (SSSR count). The molecule has 5 heteroatoms. The number of fused-ring (bicyclic) bond motifs is 1. The van der Waals surface area contributed by atoms with E-state index in [4.69, 9.17) is 0 Å². The third-order valence-corrected chi connectivity index (χ3v) is 6.11. The lowest BCUT2D eigenvalue weighted by molar-refractivity contribution is -0.112. The smallest absolute Gasteiger partial charge is 0.203 e. The minimum absolute atomic E-state index is 0.0157. The highest BCUT2D eigenvalue weighted by Gasteiger charge is 2.21. The summed E-state index contributed by atoms with van der Waals surface area (Å²) in [7, 11) is 0. The van der Waals surface area contributed by atoms with E-state index in [1.54, 1.807) is 30.3 Å². The molecule has 3 aromatic carbocycles. The van der Waals surface area contributed by atoms with Crippen LogP contribution < -0.4 is 0 Å². The first-order chi connectivity index (χ1) is 14.9. The molecule has 31 heavy (non-hydrogen) atoms. The molecule has 0 unspecified atom stereocenters. The molecule has 0 bridgehead atoms. The highest BCUT2D eigenvalue weighted by Crippen LogP contribution is 2.41. The maximum Gasteiger partial charge on any atom is 0.203 e. The van der Waals surface area contributed by atoms with E-state index in [1.807, 2.05) is 36.4 Å². The Labute approximate surface area is 183 Å². The van der Waals surface area contributed by atoms with Gasteiger partial charge >= 0.3 is 0 Å². The molecular formula is C26H20O4S. The van der Waals surface area contributed by atoms with Crippen LogP contribution >= 0.6 is 11.3 Å². The SMILES string of the molecule is CC(=O)/C=C/Cc1ccc(-c2c(C(=O)c3ccc(O)cc3)sc3cc(O)ccc23)cc1. The first kappa shape index (κ1) is 20.6. The molecule has 0 fully saturated rings. The van der Waals surface area contributed by atoms with Crippen LogP contribution in [0.4, 0.5) is 0 Å². The molecule has 0 saturated carbocycles. The second-order valence-corrected chi connectivity index (χ2v) is 8.33. The Hall–Kier alpha value is -3.70. The lowest BCUT2D eigenvalue weighted by Crippen LogP contribution is -2.00. The summed E-state index contributed by atoms with van der Waals surface area (Å²) in [6, 6.07) is 19.2. The number of aromatic hydroxyl groups is 2. The fourth-order valence-electron chi connectivity index (χ4n) is 3.44. The van der Waals surface area contributed by atoms with Gasteiger partial charge in [-0.3, -0.25) is 9.59 Å². The van der Waals surface area contributed by atoms with Gasteiger partial charge in [0, 0.05) is 21.2 Å². The fourth-order valence-corrected chi connectivity index (χ4v) is 4.66. The van der Waals surface area contributed by atoms with Gasteiger partial charge in [0.05, 0.1) is 4.88 Å². The number of carbonyl (C=O) groups is 2. The summed E-state index contributed by atoms with van der Waals surface area (Å²) < 4.78 is 0.825. The van der Waals surface area contributed by atoms with Crippen molar-refractivity contribution in [3.8, 4) is 22.6 Å². The van der Waals surface area contributed by atoms with Crippen LogP contribution in [0.1, 0.15) is 27.7 Å². The zero-order valence-corrected chi connectivity index (χ0v) is 17.6. The number of benzene rings is 3. The summed E-state index contributed by atoms with van der Waals surface area (Å²) >= 11 is 1.34. The summed E-state index contributed by atoms with van der Waals surface area (Å²) in [6.45, 7) is 1.52. The maximum absolute atomic E-state index is 13.3. The largest absolute Gasteiger partial charge is 0.508 e. The van der Waals surface area contributed by atoms with Gasteiger partial charge in [-0.15, -0.1) is 11.3 Å². The molecule has 4 aromatic rings. The van der Waals surface area contributed by atoms with Crippen molar-refractivity contribution in [2.24, 2.45) is 0 Å². The number of thiophene rings is 1. The fraction of sp³-hybridized carbons (Fsp3) is 0.0769. The summed E-state index contributed by atoms with van der Waals surface area (Å²) in [4.78, 5) is 25.0. The normalized spacial score (nSPS) is 11.3. The van der Waals surface area contributed by atoms with Crippen molar-refractivity contribution in [1.82, 2.24) is 0 Å². The molecule has 0 spiro atoms. The van der Waals surface area contributed by atoms with Gasteiger partial charge in [0.25, 0.3) is 0 Å². The van der Waals surface area contributed by atoms with E-state index in [0.29, 0.717) is 16.9 Å². The third kappa shape index (κ3) is 4.42. The molecule has 1 heterocycles. The summed E-state index contributed by atoms with van der Waals surface area (Å²) in [5.41, 5.74) is 3.27. The van der Waals surface area contributed by atoms with Crippen LogP contribution in [0.5, 0.6) is 11.5 Å². The average molecular weight is 429 g/mol. The first-order valence-electron chi connectivity index (χ1n) is 9.78. The molecule has 0 aliphatic heterocycles. The summed E-state index contributed by atoms with van der Waals surface area (Å²) in [6.07, 6.45) is 4.04. The highest BCUT2D eigenvalue weighted by atomic mass is 32.1. The lowest BCUT2D eigenvalue weighted by Gasteiger charge is -2.07. The Bertz CT molecular complexity index is 1300. The molecule has 2 N–H and O–H groups in total. The van der Waals surface area contributed by atoms with Crippen LogP contribution in [0, 0.1) is 0 Å². The van der Waals surface area contributed by atoms with Gasteiger partial charge in [-0.05, 0) is 73.0 Å². The van der Waals surface area contributed by atoms with Gasteiger partial charge < -0.3 is 10.2 Å². The highest BCUT2D eigenvalue weighted by molar-refractivity contribution is 7.21. The van der Waals surface area contributed by atoms with Crippen molar-refractivity contribution in [3.05, 3.63) is 94.9 Å². The standard InChI is InChI=1S/C26H20O4S/c1-16(27)3-2-4-17-5-7-18(8-6-17)24-22-14-13-21(29)15-23(22)31-26(24)25(30)19-9-11-20(28)12-10-19/h2-3,5-15,28-29H,4H2,1H3/b3-2+. The number of carbonyl (C=O) groups excluding carboxylic acids is 2. The van der Waals surface area contributed by atoms with E-state index in [2.05, 4.69) is 0 Å². The van der Waals surface area contributed by atoms with Crippen molar-refractivity contribution in [2.75, 3.05) is 0 Å². The predicted octanol–water partition coefficient (Wildman–Crippen LogP) is 5.90. The predicted molar refractivity (Wildman–Crippen MR) is 124 cm³/mol. The second-order valence-electron chi connectivity index (χ2n) is 7.28. The monoisotopic (exact) mass is 428 g/mol. The van der Waals surface area contributed by atoms with Gasteiger partial charge in [-0.2, -0.15) is 0 Å². The minimum atomic E-state index is -0.135. The quantitative estimate of drug-likeness (QED) is 0.296. The molecule has 0 radical (unpaired) electrons. The number of phenolic OH excluding ortho intramolecular Hbond substituents is 2. The van der Waals surface area contributed by atoms with Crippen molar-refractivity contribution in [3.63, 3.8) is 0 Å². The van der Waals surface area contributed by atoms with E-state index >= 15 is 0 Å². The van der Waals surface area contributed by atoms with Crippen molar-refractivity contribution in [1.29, 1.82) is 0 Å². The number of allylic oxidation sites excluding steroid dienone is 2. The van der Waals surface area contributed by atoms with Crippen molar-refractivity contribution >= 4 is 33.0 Å². The first-order valence-corrected chi connectivity index (χ1v) is 10.6. The number of phenols is 2. The lowest BCUT2D eigenvalue weighted by atomic mass is 9.97. The molecule has 0 atom stereocenters. The maximum atomic E-state index is 13.3. The van der Waals surface area contributed by atoms with Crippen LogP contribution in [-0.4, -0.2) is 21.8 Å². The van der Waals surface area contributed by atoms with Gasteiger partial charge in [0.15, 0.2) is 5.78 Å². The van der Waals surface area contributed by atoms with E-state index in [-0.39, 0.29) is 23.1 Å². The number of ketones is 2. The Morgan fingerprint density at radius 1 is 0.903 bits per heavy atom. The molecule has 0 aliphatic rings. The van der Waals surface area contributed by atoms with Crippen molar-refractivity contribution < 1.29 is 19.8 Å². The topological polar surface area (TPSA) is 74.6 Å². The summed E-state index contributed by atoms with van der Waals surface area (Å²) in [5.74, 6) is 0.134. The van der Waals surface area contributed by atoms with Gasteiger partial charge in [-0.1, -0.05) is 30.3 Å². The number of hydrogen-bond acceptors (Lipinski definition) is 5. The zero-order valence-electron chi connectivity index (χ0n) is 16.8. The number of hydrogen-bond donors (Lipinski definition) is 2. The Balaban J connectivity index is 1.79. The Morgan fingerprint density at radius 2 is 1.58 bits per heavy atom. The Kier molecular flexibility index (Phi) is 5.69. The molecule has 4 nitrogen and oxygen atoms in total. The van der Waals surface area contributed by atoms with Crippen LogP contribution in [0.25, 0.3) is 21.2 Å². The van der Waals surface area contributed by atoms with Gasteiger partial charge in [0.1, 0.15) is 11.5 Å². The summed E-state index contributed by atoms with van der Waals surface area (Å²) in [5, 5.41) is 20.4. The van der Waals surface area contributed by atoms with E-state index < -0.39 is 0 Å². The van der Waals surface area contributed by atoms with Gasteiger partial charge in [0.2, 0.25) is 5.78 Å². The number of rotatable bonds is 6. The van der Waals surface area contributed by atoms with Gasteiger partial charge in [-0.25, -0.2) is 0 Å². The van der Waals surface area contributed by atoms with Crippen LogP contribution in [0.3, 0.4) is 0 Å². The molecule has 0 saturated heterocycles. The van der Waals surface area contributed by atoms with E-state index in [0.717, 1.165) is 26.8 Å². The third-order valence-electron chi connectivity index (χ3n) is 4.96. The molecule has 0 aliphatic carbocycles. The average Bonchev–Trinajstić information content (AvgIpc) is 3.12. The molecular weight excluding hydrogens is 408 g/mol. The zero-order chi connectivity index (χ0) is 22.0.